The van der Waals surface area contributed by atoms with Crippen molar-refractivity contribution in [3.05, 3.63) is 40.4 Å². The number of amides is 1. The monoisotopic (exact) mass is 435 g/mol. The normalized spacial score (nSPS) is 15.3. The number of rotatable bonds is 5. The highest BCUT2D eigenvalue weighted by Gasteiger charge is 2.32. The third kappa shape index (κ3) is 5.30. The molecule has 3 heterocycles. The second kappa shape index (κ2) is 8.70. The number of carbonyl (C=O) groups is 1. The number of nitrogens with zero attached hydrogens (tertiary/aromatic N) is 3. The zero-order valence-corrected chi connectivity index (χ0v) is 16.6. The van der Waals surface area contributed by atoms with Crippen LogP contribution in [-0.4, -0.2) is 47.7 Å². The van der Waals surface area contributed by atoms with Gasteiger partial charge in [0.2, 0.25) is 5.91 Å². The molecule has 3 rings (SSSR count). The molecule has 0 atom stereocenters. The molecule has 2 aromatic heterocycles. The van der Waals surface area contributed by atoms with Crippen LogP contribution in [0, 0.1) is 0 Å². The number of thiophene rings is 1. The van der Waals surface area contributed by atoms with Crippen molar-refractivity contribution >= 4 is 46.4 Å². The van der Waals surface area contributed by atoms with Crippen molar-refractivity contribution in [2.45, 2.75) is 16.8 Å². The second-order valence-corrected chi connectivity index (χ2v) is 8.68. The first-order valence-electron chi connectivity index (χ1n) is 8.26. The van der Waals surface area contributed by atoms with Gasteiger partial charge in [-0.15, -0.1) is 23.1 Å². The van der Waals surface area contributed by atoms with E-state index in [1.165, 1.54) is 4.21 Å². The first-order chi connectivity index (χ1) is 12.8. The summed E-state index contributed by atoms with van der Waals surface area (Å²) >= 11 is 9.32. The lowest BCUT2D eigenvalue weighted by molar-refractivity contribution is -0.137. The minimum atomic E-state index is -4.47. The SMILES string of the molecule is O=C(CCSc1cccs1)N1CCN(c2ncc(C(F)(F)F)cc2Cl)CC1. The van der Waals surface area contributed by atoms with Gasteiger partial charge in [0.25, 0.3) is 0 Å². The molecule has 0 unspecified atom stereocenters. The standard InChI is InChI=1S/C17H17ClF3N3OS2/c18-13-10-12(17(19,20)21)11-22-16(13)24-6-4-23(5-7-24)14(25)3-9-27-15-2-1-8-26-15/h1-2,8,10-11H,3-7,9H2. The minimum Gasteiger partial charge on any atom is -0.352 e. The molecule has 1 aliphatic heterocycles. The summed E-state index contributed by atoms with van der Waals surface area (Å²) in [5.74, 6) is 1.14. The van der Waals surface area contributed by atoms with E-state index in [1.54, 1.807) is 28.0 Å². The minimum absolute atomic E-state index is 0.0306. The van der Waals surface area contributed by atoms with Crippen LogP contribution in [0.4, 0.5) is 19.0 Å². The number of halogens is 4. The van der Waals surface area contributed by atoms with Crippen molar-refractivity contribution < 1.29 is 18.0 Å². The Morgan fingerprint density at radius 3 is 2.63 bits per heavy atom. The van der Waals surface area contributed by atoms with Crippen LogP contribution in [-0.2, 0) is 11.0 Å². The Balaban J connectivity index is 1.50. The van der Waals surface area contributed by atoms with Crippen molar-refractivity contribution in [3.8, 4) is 0 Å². The van der Waals surface area contributed by atoms with Gasteiger partial charge >= 0.3 is 6.18 Å². The van der Waals surface area contributed by atoms with Gasteiger partial charge in [-0.2, -0.15) is 13.2 Å². The molecule has 146 valence electrons. The largest absolute Gasteiger partial charge is 0.417 e. The van der Waals surface area contributed by atoms with Gasteiger partial charge in [-0.3, -0.25) is 4.79 Å². The maximum absolute atomic E-state index is 12.7. The van der Waals surface area contributed by atoms with E-state index in [1.807, 2.05) is 22.4 Å². The molecule has 1 aliphatic rings. The summed E-state index contributed by atoms with van der Waals surface area (Å²) in [7, 11) is 0. The van der Waals surface area contributed by atoms with Crippen LogP contribution in [0.15, 0.2) is 34.0 Å². The van der Waals surface area contributed by atoms with Gasteiger partial charge in [-0.05, 0) is 17.5 Å². The Bertz CT molecular complexity index is 778. The van der Waals surface area contributed by atoms with Crippen LogP contribution >= 0.6 is 34.7 Å². The van der Waals surface area contributed by atoms with Crippen molar-refractivity contribution in [1.82, 2.24) is 9.88 Å². The Kier molecular flexibility index (Phi) is 6.54. The summed E-state index contributed by atoms with van der Waals surface area (Å²) in [5.41, 5.74) is -0.867. The van der Waals surface area contributed by atoms with Gasteiger partial charge in [-0.25, -0.2) is 4.98 Å². The predicted octanol–water partition coefficient (Wildman–Crippen LogP) is 4.65. The highest BCUT2D eigenvalue weighted by Crippen LogP contribution is 2.33. The maximum Gasteiger partial charge on any atom is 0.417 e. The van der Waals surface area contributed by atoms with Crippen LogP contribution < -0.4 is 4.90 Å². The first kappa shape index (κ1) is 20.3. The summed E-state index contributed by atoms with van der Waals surface area (Å²) in [6, 6.07) is 4.90. The molecule has 0 radical (unpaired) electrons. The lowest BCUT2D eigenvalue weighted by Crippen LogP contribution is -2.49. The van der Waals surface area contributed by atoms with E-state index in [4.69, 9.17) is 11.6 Å². The highest BCUT2D eigenvalue weighted by molar-refractivity contribution is 8.01. The predicted molar refractivity (Wildman–Crippen MR) is 103 cm³/mol. The second-order valence-electron chi connectivity index (χ2n) is 5.93. The molecule has 2 aromatic rings. The smallest absolute Gasteiger partial charge is 0.352 e. The van der Waals surface area contributed by atoms with Crippen molar-refractivity contribution in [1.29, 1.82) is 0 Å². The average molecular weight is 436 g/mol. The molecule has 27 heavy (non-hydrogen) atoms. The Morgan fingerprint density at radius 1 is 1.30 bits per heavy atom. The molecule has 4 nitrogen and oxygen atoms in total. The molecule has 10 heteroatoms. The molecule has 0 aliphatic carbocycles. The lowest BCUT2D eigenvalue weighted by Gasteiger charge is -2.35. The van der Waals surface area contributed by atoms with E-state index >= 15 is 0 Å². The van der Waals surface area contributed by atoms with Crippen molar-refractivity contribution in [2.75, 3.05) is 36.8 Å². The molecular formula is C17H17ClF3N3OS2. The van der Waals surface area contributed by atoms with Gasteiger partial charge in [0, 0.05) is 44.5 Å². The number of anilines is 1. The number of piperazine rings is 1. The van der Waals surface area contributed by atoms with Crippen LogP contribution in [0.2, 0.25) is 5.02 Å². The Hall–Kier alpha value is -1.45. The lowest BCUT2D eigenvalue weighted by atomic mass is 10.2. The quantitative estimate of drug-likeness (QED) is 0.641. The van der Waals surface area contributed by atoms with Gasteiger partial charge < -0.3 is 9.80 Å². The van der Waals surface area contributed by atoms with Gasteiger partial charge in [-0.1, -0.05) is 17.7 Å². The highest BCUT2D eigenvalue weighted by atomic mass is 35.5. The molecule has 1 amide bonds. The molecule has 1 fully saturated rings. The van der Waals surface area contributed by atoms with E-state index in [9.17, 15) is 18.0 Å². The number of hydrogen-bond acceptors (Lipinski definition) is 5. The first-order valence-corrected chi connectivity index (χ1v) is 10.5. The van der Waals surface area contributed by atoms with E-state index in [0.29, 0.717) is 38.4 Å². The van der Waals surface area contributed by atoms with Crippen LogP contribution in [0.3, 0.4) is 0 Å². The number of carbonyl (C=O) groups excluding carboxylic acids is 1. The summed E-state index contributed by atoms with van der Waals surface area (Å²) < 4.78 is 39.3. The zero-order valence-electron chi connectivity index (χ0n) is 14.2. The van der Waals surface area contributed by atoms with E-state index in [0.717, 1.165) is 18.0 Å². The zero-order chi connectivity index (χ0) is 19.4. The fraction of sp³-hybridized carbons (Fsp3) is 0.412. The van der Waals surface area contributed by atoms with Crippen molar-refractivity contribution in [2.24, 2.45) is 0 Å². The molecule has 0 spiro atoms. The molecular weight excluding hydrogens is 419 g/mol. The topological polar surface area (TPSA) is 36.4 Å². The summed E-state index contributed by atoms with van der Waals surface area (Å²) in [4.78, 5) is 19.8. The Morgan fingerprint density at radius 2 is 2.04 bits per heavy atom. The number of thioether (sulfide) groups is 1. The fourth-order valence-corrected chi connectivity index (χ4v) is 4.80. The number of hydrogen-bond donors (Lipinski definition) is 0. The van der Waals surface area contributed by atoms with Crippen LogP contribution in [0.25, 0.3) is 0 Å². The Labute approximate surface area is 168 Å². The molecule has 0 saturated carbocycles. The fourth-order valence-electron chi connectivity index (χ4n) is 2.73. The van der Waals surface area contributed by atoms with Crippen molar-refractivity contribution in [3.63, 3.8) is 0 Å². The maximum atomic E-state index is 12.7. The van der Waals surface area contributed by atoms with E-state index < -0.39 is 11.7 Å². The number of pyridine rings is 1. The van der Waals surface area contributed by atoms with E-state index in [2.05, 4.69) is 4.98 Å². The molecule has 0 N–H and O–H groups in total. The summed E-state index contributed by atoms with van der Waals surface area (Å²) in [5, 5.41) is 1.97. The average Bonchev–Trinajstić information content (AvgIpc) is 3.14. The summed E-state index contributed by atoms with van der Waals surface area (Å²) in [6.45, 7) is 1.98. The number of aromatic nitrogens is 1. The van der Waals surface area contributed by atoms with Gasteiger partial charge in [0.05, 0.1) is 14.8 Å². The third-order valence-corrected chi connectivity index (χ3v) is 6.55. The van der Waals surface area contributed by atoms with Gasteiger partial charge in [0.15, 0.2) is 0 Å². The van der Waals surface area contributed by atoms with E-state index in [-0.39, 0.29) is 10.9 Å². The number of alkyl halides is 3. The molecule has 0 aromatic carbocycles. The molecule has 1 saturated heterocycles. The van der Waals surface area contributed by atoms with Crippen LogP contribution in [0.1, 0.15) is 12.0 Å². The molecule has 0 bridgehead atoms. The van der Waals surface area contributed by atoms with Crippen LogP contribution in [0.5, 0.6) is 0 Å². The van der Waals surface area contributed by atoms with Gasteiger partial charge in [0.1, 0.15) is 5.82 Å². The summed E-state index contributed by atoms with van der Waals surface area (Å²) in [6.07, 6.45) is -3.22. The third-order valence-electron chi connectivity index (χ3n) is 4.14.